The molecule has 29 heavy (non-hydrogen) atoms. The average molecular weight is 401 g/mol. The molecule has 0 heterocycles. The van der Waals surface area contributed by atoms with E-state index in [4.69, 9.17) is 0 Å². The SMILES string of the molecule is CC(C)(C)c1cc2ccccc2c(-c2cccc3ccccc23)c1C(C)(C)C.P. The number of fused-ring (bicyclic) bond motifs is 2. The molecule has 1 unspecified atom stereocenters. The van der Waals surface area contributed by atoms with E-state index in [1.807, 2.05) is 0 Å². The van der Waals surface area contributed by atoms with E-state index in [1.54, 1.807) is 0 Å². The maximum Gasteiger partial charge on any atom is -0.00588 e. The Bertz CT molecular complexity index is 1170. The molecule has 0 aliphatic heterocycles. The van der Waals surface area contributed by atoms with E-state index in [1.165, 1.54) is 43.8 Å². The standard InChI is InChI=1S/C28H30.H3P/c1-27(2,3)24-18-20-13-8-10-16-22(20)25(26(24)28(4,5)6)23-17-11-14-19-12-7-9-15-21(19)23;/h7-18H,1-6H3;1H3. The van der Waals surface area contributed by atoms with Crippen molar-refractivity contribution in [3.63, 3.8) is 0 Å². The highest BCUT2D eigenvalue weighted by Gasteiger charge is 2.30. The third-order valence-corrected chi connectivity index (χ3v) is 5.67. The van der Waals surface area contributed by atoms with Crippen molar-refractivity contribution in [1.29, 1.82) is 0 Å². The van der Waals surface area contributed by atoms with E-state index in [2.05, 4.69) is 114 Å². The van der Waals surface area contributed by atoms with Gasteiger partial charge in [-0.05, 0) is 54.6 Å². The summed E-state index contributed by atoms with van der Waals surface area (Å²) in [6, 6.07) is 26.7. The fourth-order valence-corrected chi connectivity index (χ4v) is 4.44. The first-order valence-corrected chi connectivity index (χ1v) is 10.2. The predicted octanol–water partition coefficient (Wildman–Crippen LogP) is 8.31. The Labute approximate surface area is 179 Å². The molecule has 0 aromatic heterocycles. The lowest BCUT2D eigenvalue weighted by Crippen LogP contribution is -2.23. The molecule has 150 valence electrons. The van der Waals surface area contributed by atoms with Crippen LogP contribution in [0, 0.1) is 0 Å². The quantitative estimate of drug-likeness (QED) is 0.282. The van der Waals surface area contributed by atoms with Crippen molar-refractivity contribution in [2.75, 3.05) is 0 Å². The van der Waals surface area contributed by atoms with Crippen molar-refractivity contribution < 1.29 is 0 Å². The summed E-state index contributed by atoms with van der Waals surface area (Å²) < 4.78 is 0. The Hall–Kier alpha value is -2.17. The summed E-state index contributed by atoms with van der Waals surface area (Å²) in [5, 5.41) is 5.29. The molecule has 4 aromatic carbocycles. The van der Waals surface area contributed by atoms with Gasteiger partial charge in [-0.15, -0.1) is 0 Å². The highest BCUT2D eigenvalue weighted by molar-refractivity contribution is 6.92. The van der Waals surface area contributed by atoms with Crippen LogP contribution in [-0.2, 0) is 10.8 Å². The Kier molecular flexibility index (Phi) is 5.63. The van der Waals surface area contributed by atoms with Crippen LogP contribution in [0.5, 0.6) is 0 Å². The van der Waals surface area contributed by atoms with Crippen LogP contribution in [0.4, 0.5) is 0 Å². The number of rotatable bonds is 1. The molecule has 0 aliphatic rings. The molecule has 0 bridgehead atoms. The average Bonchev–Trinajstić information content (AvgIpc) is 2.64. The molecule has 0 nitrogen and oxygen atoms in total. The number of hydrogen-bond acceptors (Lipinski definition) is 0. The largest absolute Gasteiger partial charge is 0.153 e. The molecule has 0 N–H and O–H groups in total. The Morgan fingerprint density at radius 2 is 1.10 bits per heavy atom. The van der Waals surface area contributed by atoms with Crippen LogP contribution < -0.4 is 0 Å². The highest BCUT2D eigenvalue weighted by Crippen LogP contribution is 2.46. The summed E-state index contributed by atoms with van der Waals surface area (Å²) in [5.41, 5.74) is 5.76. The zero-order valence-electron chi connectivity index (χ0n) is 18.6. The van der Waals surface area contributed by atoms with Gasteiger partial charge in [-0.25, -0.2) is 0 Å². The minimum absolute atomic E-state index is 0. The van der Waals surface area contributed by atoms with Crippen LogP contribution >= 0.6 is 9.90 Å². The first-order chi connectivity index (χ1) is 13.2. The van der Waals surface area contributed by atoms with Gasteiger partial charge < -0.3 is 0 Å². The van der Waals surface area contributed by atoms with Gasteiger partial charge >= 0.3 is 0 Å². The minimum Gasteiger partial charge on any atom is -0.153 e. The molecule has 4 rings (SSSR count). The number of benzene rings is 4. The summed E-state index contributed by atoms with van der Waals surface area (Å²) in [4.78, 5) is 0. The van der Waals surface area contributed by atoms with E-state index in [9.17, 15) is 0 Å². The van der Waals surface area contributed by atoms with Crippen molar-refractivity contribution in [3.8, 4) is 11.1 Å². The smallest absolute Gasteiger partial charge is 0.00588 e. The molecule has 0 spiro atoms. The summed E-state index contributed by atoms with van der Waals surface area (Å²) in [6.07, 6.45) is 0. The number of hydrogen-bond donors (Lipinski definition) is 0. The van der Waals surface area contributed by atoms with Crippen molar-refractivity contribution in [2.45, 2.75) is 52.4 Å². The fraction of sp³-hybridized carbons (Fsp3) is 0.286. The first kappa shape index (κ1) is 21.5. The molecular weight excluding hydrogens is 367 g/mol. The summed E-state index contributed by atoms with van der Waals surface area (Å²) in [7, 11) is 0. The second kappa shape index (κ2) is 7.58. The molecule has 0 saturated carbocycles. The van der Waals surface area contributed by atoms with Crippen LogP contribution in [0.1, 0.15) is 52.7 Å². The second-order valence-electron chi connectivity index (χ2n) is 9.92. The van der Waals surface area contributed by atoms with Gasteiger partial charge in [0.1, 0.15) is 0 Å². The maximum absolute atomic E-state index is 2.42. The van der Waals surface area contributed by atoms with Crippen molar-refractivity contribution in [2.24, 2.45) is 0 Å². The summed E-state index contributed by atoms with van der Waals surface area (Å²) in [6.45, 7) is 14.0. The molecule has 0 fully saturated rings. The minimum atomic E-state index is 0. The third kappa shape index (κ3) is 3.84. The van der Waals surface area contributed by atoms with Crippen LogP contribution in [0.2, 0.25) is 0 Å². The van der Waals surface area contributed by atoms with Crippen molar-refractivity contribution in [1.82, 2.24) is 0 Å². The van der Waals surface area contributed by atoms with Gasteiger partial charge in [0, 0.05) is 0 Å². The lowest BCUT2D eigenvalue weighted by atomic mass is 9.70. The van der Waals surface area contributed by atoms with Crippen LogP contribution in [0.25, 0.3) is 32.7 Å². The summed E-state index contributed by atoms with van der Waals surface area (Å²) in [5.74, 6) is 0. The highest BCUT2D eigenvalue weighted by atomic mass is 31.0. The van der Waals surface area contributed by atoms with E-state index >= 15 is 0 Å². The molecule has 0 radical (unpaired) electrons. The third-order valence-electron chi connectivity index (χ3n) is 5.67. The van der Waals surface area contributed by atoms with E-state index in [0.29, 0.717) is 0 Å². The Balaban J connectivity index is 0.00000240. The van der Waals surface area contributed by atoms with Gasteiger partial charge in [-0.1, -0.05) is 114 Å². The molecule has 4 aromatic rings. The predicted molar refractivity (Wildman–Crippen MR) is 135 cm³/mol. The lowest BCUT2D eigenvalue weighted by molar-refractivity contribution is 0.533. The first-order valence-electron chi connectivity index (χ1n) is 10.2. The van der Waals surface area contributed by atoms with Gasteiger partial charge in [0.2, 0.25) is 0 Å². The molecule has 0 aliphatic carbocycles. The lowest BCUT2D eigenvalue weighted by Gasteiger charge is -2.34. The topological polar surface area (TPSA) is 0 Å². The molecule has 0 amide bonds. The van der Waals surface area contributed by atoms with Crippen LogP contribution in [-0.4, -0.2) is 0 Å². The van der Waals surface area contributed by atoms with Gasteiger partial charge in [-0.3, -0.25) is 0 Å². The second-order valence-corrected chi connectivity index (χ2v) is 9.92. The Morgan fingerprint density at radius 1 is 0.552 bits per heavy atom. The van der Waals surface area contributed by atoms with E-state index in [-0.39, 0.29) is 20.7 Å². The van der Waals surface area contributed by atoms with E-state index < -0.39 is 0 Å². The molecule has 1 heteroatoms. The van der Waals surface area contributed by atoms with Gasteiger partial charge in [0.15, 0.2) is 0 Å². The zero-order valence-corrected chi connectivity index (χ0v) is 20.0. The maximum atomic E-state index is 2.42. The fourth-order valence-electron chi connectivity index (χ4n) is 4.44. The summed E-state index contributed by atoms with van der Waals surface area (Å²) >= 11 is 0. The normalized spacial score (nSPS) is 12.2. The zero-order chi connectivity index (χ0) is 20.1. The van der Waals surface area contributed by atoms with Crippen LogP contribution in [0.15, 0.2) is 72.8 Å². The van der Waals surface area contributed by atoms with Crippen molar-refractivity contribution in [3.05, 3.63) is 83.9 Å². The van der Waals surface area contributed by atoms with E-state index in [0.717, 1.165) is 0 Å². The Morgan fingerprint density at radius 3 is 1.72 bits per heavy atom. The van der Waals surface area contributed by atoms with Crippen LogP contribution in [0.3, 0.4) is 0 Å². The monoisotopic (exact) mass is 400 g/mol. The molecule has 1 atom stereocenters. The molecule has 0 saturated heterocycles. The van der Waals surface area contributed by atoms with Gasteiger partial charge in [-0.2, -0.15) is 9.90 Å². The molecular formula is C28H33P. The van der Waals surface area contributed by atoms with Gasteiger partial charge in [0.25, 0.3) is 0 Å². The van der Waals surface area contributed by atoms with Gasteiger partial charge in [0.05, 0.1) is 0 Å². The van der Waals surface area contributed by atoms with Crippen molar-refractivity contribution >= 4 is 31.4 Å².